The molecule has 1 aliphatic rings. The second-order valence-electron chi connectivity index (χ2n) is 8.99. The van der Waals surface area contributed by atoms with E-state index >= 15 is 0 Å². The number of aryl methyl sites for hydroxylation is 1. The standard InChI is InChI=1S/C27H40O2/c1-21(16-18-24-12-8-7-9-13-24)17-19-26-23(3)20-22(2)25(26)14-10-5-6-11-15-27(28)29-4/h5,7-10,12-13,17,19,21-23,25-26H,6,11,14-16,18,20H2,1-4H3/b10-5+,19-17+. The molecule has 1 aromatic carbocycles. The molecule has 0 amide bonds. The van der Waals surface area contributed by atoms with Gasteiger partial charge in [0.2, 0.25) is 0 Å². The summed E-state index contributed by atoms with van der Waals surface area (Å²) in [5.41, 5.74) is 1.44. The van der Waals surface area contributed by atoms with Crippen molar-refractivity contribution >= 4 is 5.97 Å². The molecule has 0 aliphatic heterocycles. The predicted molar refractivity (Wildman–Crippen MR) is 123 cm³/mol. The third-order valence-corrected chi connectivity index (χ3v) is 6.57. The van der Waals surface area contributed by atoms with Crippen LogP contribution in [0.4, 0.5) is 0 Å². The molecular formula is C27H40O2. The van der Waals surface area contributed by atoms with Gasteiger partial charge < -0.3 is 4.74 Å². The lowest BCUT2D eigenvalue weighted by molar-refractivity contribution is -0.140. The van der Waals surface area contributed by atoms with Gasteiger partial charge in [0, 0.05) is 6.42 Å². The van der Waals surface area contributed by atoms with E-state index in [1.54, 1.807) is 0 Å². The van der Waals surface area contributed by atoms with Gasteiger partial charge in [-0.25, -0.2) is 0 Å². The van der Waals surface area contributed by atoms with Crippen molar-refractivity contribution in [1.82, 2.24) is 0 Å². The van der Waals surface area contributed by atoms with Gasteiger partial charge in [-0.1, -0.05) is 75.4 Å². The Morgan fingerprint density at radius 3 is 2.66 bits per heavy atom. The van der Waals surface area contributed by atoms with E-state index < -0.39 is 0 Å². The summed E-state index contributed by atoms with van der Waals surface area (Å²) < 4.78 is 4.70. The highest BCUT2D eigenvalue weighted by Crippen LogP contribution is 2.44. The van der Waals surface area contributed by atoms with Gasteiger partial charge in [-0.15, -0.1) is 0 Å². The molecule has 160 valence electrons. The Balaban J connectivity index is 1.80. The summed E-state index contributed by atoms with van der Waals surface area (Å²) in [7, 11) is 1.46. The van der Waals surface area contributed by atoms with Gasteiger partial charge in [0.1, 0.15) is 0 Å². The molecule has 0 saturated heterocycles. The van der Waals surface area contributed by atoms with Crippen LogP contribution < -0.4 is 0 Å². The van der Waals surface area contributed by atoms with Gasteiger partial charge in [0.15, 0.2) is 0 Å². The molecule has 29 heavy (non-hydrogen) atoms. The number of unbranched alkanes of at least 4 members (excludes halogenated alkanes) is 1. The van der Waals surface area contributed by atoms with Gasteiger partial charge in [-0.3, -0.25) is 4.79 Å². The van der Waals surface area contributed by atoms with E-state index in [-0.39, 0.29) is 5.97 Å². The fourth-order valence-electron chi connectivity index (χ4n) is 4.73. The lowest BCUT2D eigenvalue weighted by Crippen LogP contribution is -2.13. The molecule has 2 rings (SSSR count). The Hall–Kier alpha value is -1.83. The summed E-state index contributed by atoms with van der Waals surface area (Å²) in [6.45, 7) is 7.18. The zero-order chi connectivity index (χ0) is 21.1. The number of ether oxygens (including phenoxy) is 1. The first-order valence-electron chi connectivity index (χ1n) is 11.4. The number of carbonyl (C=O) groups excluding carboxylic acids is 1. The Labute approximate surface area is 178 Å². The van der Waals surface area contributed by atoms with E-state index in [0.717, 1.165) is 43.4 Å². The van der Waals surface area contributed by atoms with Crippen molar-refractivity contribution in [3.05, 3.63) is 60.2 Å². The fraction of sp³-hybridized carbons (Fsp3) is 0.593. The van der Waals surface area contributed by atoms with E-state index in [2.05, 4.69) is 75.4 Å². The van der Waals surface area contributed by atoms with Gasteiger partial charge >= 0.3 is 5.97 Å². The number of methoxy groups -OCH3 is 1. The summed E-state index contributed by atoms with van der Waals surface area (Å²) in [6, 6.07) is 10.8. The van der Waals surface area contributed by atoms with Crippen LogP contribution in [0.25, 0.3) is 0 Å². The Bertz CT molecular complexity index is 646. The number of esters is 1. The topological polar surface area (TPSA) is 26.3 Å². The van der Waals surface area contributed by atoms with E-state index in [9.17, 15) is 4.79 Å². The lowest BCUT2D eigenvalue weighted by atomic mass is 9.84. The molecule has 1 aliphatic carbocycles. The first-order valence-corrected chi connectivity index (χ1v) is 11.4. The van der Waals surface area contributed by atoms with Crippen molar-refractivity contribution in [3.8, 4) is 0 Å². The minimum absolute atomic E-state index is 0.108. The molecule has 5 unspecified atom stereocenters. The van der Waals surface area contributed by atoms with Crippen LogP contribution in [0.5, 0.6) is 0 Å². The minimum Gasteiger partial charge on any atom is -0.469 e. The van der Waals surface area contributed by atoms with Crippen molar-refractivity contribution in [3.63, 3.8) is 0 Å². The number of rotatable bonds is 11. The molecule has 1 saturated carbocycles. The average molecular weight is 397 g/mol. The zero-order valence-electron chi connectivity index (χ0n) is 18.8. The number of hydrogen-bond donors (Lipinski definition) is 0. The second kappa shape index (κ2) is 12.7. The summed E-state index contributed by atoms with van der Waals surface area (Å²) in [5.74, 6) is 3.47. The first kappa shape index (κ1) is 23.4. The highest BCUT2D eigenvalue weighted by atomic mass is 16.5. The summed E-state index contributed by atoms with van der Waals surface area (Å²) in [4.78, 5) is 11.2. The summed E-state index contributed by atoms with van der Waals surface area (Å²) in [6.07, 6.45) is 16.8. The van der Waals surface area contributed by atoms with Crippen molar-refractivity contribution in [2.75, 3.05) is 7.11 Å². The highest BCUT2D eigenvalue weighted by molar-refractivity contribution is 5.69. The Morgan fingerprint density at radius 2 is 1.93 bits per heavy atom. The minimum atomic E-state index is -0.108. The highest BCUT2D eigenvalue weighted by Gasteiger charge is 2.36. The van der Waals surface area contributed by atoms with Crippen molar-refractivity contribution in [1.29, 1.82) is 0 Å². The maximum absolute atomic E-state index is 11.2. The van der Waals surface area contributed by atoms with Gasteiger partial charge in [-0.05, 0) is 73.7 Å². The number of benzene rings is 1. The smallest absolute Gasteiger partial charge is 0.305 e. The van der Waals surface area contributed by atoms with E-state index in [0.29, 0.717) is 18.3 Å². The van der Waals surface area contributed by atoms with E-state index in [1.165, 1.54) is 25.5 Å². The van der Waals surface area contributed by atoms with Crippen LogP contribution in [0.2, 0.25) is 0 Å². The molecule has 0 bridgehead atoms. The quantitative estimate of drug-likeness (QED) is 0.228. The lowest BCUT2D eigenvalue weighted by Gasteiger charge is -2.21. The van der Waals surface area contributed by atoms with E-state index in [1.807, 2.05) is 0 Å². The molecule has 0 heterocycles. The molecule has 0 radical (unpaired) electrons. The second-order valence-corrected chi connectivity index (χ2v) is 8.99. The molecule has 1 aromatic rings. The van der Waals surface area contributed by atoms with Crippen LogP contribution in [0.15, 0.2) is 54.6 Å². The molecule has 5 atom stereocenters. The van der Waals surface area contributed by atoms with Crippen LogP contribution in [0, 0.1) is 29.6 Å². The summed E-state index contributed by atoms with van der Waals surface area (Å²) in [5, 5.41) is 0. The monoisotopic (exact) mass is 396 g/mol. The zero-order valence-corrected chi connectivity index (χ0v) is 18.8. The fourth-order valence-corrected chi connectivity index (χ4v) is 4.73. The van der Waals surface area contributed by atoms with Crippen molar-refractivity contribution in [2.45, 2.75) is 65.7 Å². The Kier molecular flexibility index (Phi) is 10.2. The Morgan fingerprint density at radius 1 is 1.17 bits per heavy atom. The normalized spacial score (nSPS) is 25.7. The molecule has 1 fully saturated rings. The average Bonchev–Trinajstić information content (AvgIpc) is 3.00. The predicted octanol–water partition coefficient (Wildman–Crippen LogP) is 7.01. The number of allylic oxidation sites excluding steroid dienone is 4. The number of carbonyl (C=O) groups is 1. The third kappa shape index (κ3) is 8.20. The maximum Gasteiger partial charge on any atom is 0.305 e. The largest absolute Gasteiger partial charge is 0.469 e. The van der Waals surface area contributed by atoms with Crippen LogP contribution >= 0.6 is 0 Å². The van der Waals surface area contributed by atoms with Crippen LogP contribution in [0.3, 0.4) is 0 Å². The molecular weight excluding hydrogens is 356 g/mol. The molecule has 0 spiro atoms. The van der Waals surface area contributed by atoms with Crippen LogP contribution in [-0.2, 0) is 16.0 Å². The van der Waals surface area contributed by atoms with Gasteiger partial charge in [0.25, 0.3) is 0 Å². The van der Waals surface area contributed by atoms with Crippen LogP contribution in [-0.4, -0.2) is 13.1 Å². The van der Waals surface area contributed by atoms with Gasteiger partial charge in [-0.2, -0.15) is 0 Å². The van der Waals surface area contributed by atoms with Gasteiger partial charge in [0.05, 0.1) is 7.11 Å². The maximum atomic E-state index is 11.2. The van der Waals surface area contributed by atoms with Crippen molar-refractivity contribution in [2.24, 2.45) is 29.6 Å². The molecule has 2 heteroatoms. The number of hydrogen-bond acceptors (Lipinski definition) is 2. The van der Waals surface area contributed by atoms with Crippen molar-refractivity contribution < 1.29 is 9.53 Å². The molecule has 2 nitrogen and oxygen atoms in total. The summed E-state index contributed by atoms with van der Waals surface area (Å²) >= 11 is 0. The van der Waals surface area contributed by atoms with Crippen LogP contribution in [0.1, 0.15) is 64.9 Å². The molecule has 0 aromatic heterocycles. The first-order chi connectivity index (χ1) is 14.0. The third-order valence-electron chi connectivity index (χ3n) is 6.57. The van der Waals surface area contributed by atoms with E-state index in [4.69, 9.17) is 4.74 Å². The SMILES string of the molecule is COC(=O)CCC/C=C/CC1C(C)CC(C)C1/C=C/C(C)CCc1ccccc1. The molecule has 0 N–H and O–H groups in total.